The average Bonchev–Trinajstić information content (AvgIpc) is 3.23. The minimum Gasteiger partial charge on any atom is -0.338 e. The summed E-state index contributed by atoms with van der Waals surface area (Å²) in [5, 5.41) is 12.7. The Morgan fingerprint density at radius 1 is 1.21 bits per heavy atom. The Morgan fingerprint density at radius 3 is 2.92 bits per heavy atom. The van der Waals surface area contributed by atoms with E-state index in [9.17, 15) is 0 Å². The fourth-order valence-corrected chi connectivity index (χ4v) is 3.36. The van der Waals surface area contributed by atoms with E-state index < -0.39 is 0 Å². The minimum absolute atomic E-state index is 0.456. The molecule has 1 aliphatic heterocycles. The van der Waals surface area contributed by atoms with E-state index in [0.29, 0.717) is 5.92 Å². The lowest BCUT2D eigenvalue weighted by Crippen LogP contribution is -2.33. The minimum atomic E-state index is 0.456. The standard InChI is InChI=1S/C17H22N6O/c1-2-5-14-18-16(24-21-14)12-22-10-7-13(8-11-22)17-20-19-15-6-3-4-9-23(15)17/h3-4,6,9,13H,2,5,7-8,10-12H2,1H3. The normalized spacial score (nSPS) is 16.9. The van der Waals surface area contributed by atoms with E-state index in [2.05, 4.69) is 36.6 Å². The highest BCUT2D eigenvalue weighted by Gasteiger charge is 2.25. The summed E-state index contributed by atoms with van der Waals surface area (Å²) in [6.07, 6.45) is 6.12. The Morgan fingerprint density at radius 2 is 2.08 bits per heavy atom. The van der Waals surface area contributed by atoms with Gasteiger partial charge in [0.05, 0.1) is 6.54 Å². The van der Waals surface area contributed by atoms with Crippen molar-refractivity contribution >= 4 is 5.65 Å². The van der Waals surface area contributed by atoms with Crippen LogP contribution in [-0.4, -0.2) is 42.7 Å². The summed E-state index contributed by atoms with van der Waals surface area (Å²) in [5.74, 6) is 3.08. The third-order valence-electron chi connectivity index (χ3n) is 4.64. The molecule has 7 nitrogen and oxygen atoms in total. The monoisotopic (exact) mass is 326 g/mol. The quantitative estimate of drug-likeness (QED) is 0.717. The van der Waals surface area contributed by atoms with Crippen molar-refractivity contribution in [1.29, 1.82) is 0 Å². The van der Waals surface area contributed by atoms with Gasteiger partial charge in [-0.05, 0) is 44.5 Å². The molecular formula is C17H22N6O. The van der Waals surface area contributed by atoms with Crippen LogP contribution in [0.15, 0.2) is 28.9 Å². The van der Waals surface area contributed by atoms with E-state index in [-0.39, 0.29) is 0 Å². The largest absolute Gasteiger partial charge is 0.338 e. The first-order valence-electron chi connectivity index (χ1n) is 8.67. The molecule has 0 spiro atoms. The maximum atomic E-state index is 5.35. The van der Waals surface area contributed by atoms with Gasteiger partial charge in [-0.15, -0.1) is 10.2 Å². The van der Waals surface area contributed by atoms with E-state index in [0.717, 1.165) is 68.5 Å². The van der Waals surface area contributed by atoms with Crippen LogP contribution in [0, 0.1) is 0 Å². The number of pyridine rings is 1. The molecular weight excluding hydrogens is 304 g/mol. The summed E-state index contributed by atoms with van der Waals surface area (Å²) < 4.78 is 7.45. The highest BCUT2D eigenvalue weighted by Crippen LogP contribution is 2.27. The van der Waals surface area contributed by atoms with Gasteiger partial charge in [-0.25, -0.2) is 0 Å². The average molecular weight is 326 g/mol. The number of likely N-dealkylation sites (tertiary alicyclic amines) is 1. The summed E-state index contributed by atoms with van der Waals surface area (Å²) in [6.45, 7) is 4.88. The zero-order valence-electron chi connectivity index (χ0n) is 13.9. The summed E-state index contributed by atoms with van der Waals surface area (Å²) in [7, 11) is 0. The molecule has 4 rings (SSSR count). The van der Waals surface area contributed by atoms with Crippen LogP contribution < -0.4 is 0 Å². The molecule has 24 heavy (non-hydrogen) atoms. The lowest BCUT2D eigenvalue weighted by molar-refractivity contribution is 0.178. The Labute approximate surface area is 140 Å². The van der Waals surface area contributed by atoms with Crippen LogP contribution in [0.1, 0.15) is 49.6 Å². The molecule has 0 aromatic carbocycles. The van der Waals surface area contributed by atoms with Crippen molar-refractivity contribution in [2.75, 3.05) is 13.1 Å². The first-order chi connectivity index (χ1) is 11.8. The van der Waals surface area contributed by atoms with E-state index in [1.807, 2.05) is 24.4 Å². The molecule has 1 aliphatic rings. The van der Waals surface area contributed by atoms with Crippen LogP contribution >= 0.6 is 0 Å². The van der Waals surface area contributed by atoms with Crippen LogP contribution in [-0.2, 0) is 13.0 Å². The van der Waals surface area contributed by atoms with E-state index in [1.165, 1.54) is 0 Å². The lowest BCUT2D eigenvalue weighted by Gasteiger charge is -2.29. The van der Waals surface area contributed by atoms with Gasteiger partial charge >= 0.3 is 0 Å². The molecule has 0 bridgehead atoms. The molecule has 0 atom stereocenters. The number of aryl methyl sites for hydroxylation is 1. The van der Waals surface area contributed by atoms with E-state index in [4.69, 9.17) is 4.52 Å². The second-order valence-electron chi connectivity index (χ2n) is 6.39. The Balaban J connectivity index is 1.38. The third kappa shape index (κ3) is 3.03. The predicted molar refractivity (Wildman–Crippen MR) is 88.5 cm³/mol. The van der Waals surface area contributed by atoms with Crippen LogP contribution in [0.3, 0.4) is 0 Å². The molecule has 126 valence electrons. The van der Waals surface area contributed by atoms with Crippen molar-refractivity contribution in [3.63, 3.8) is 0 Å². The molecule has 0 N–H and O–H groups in total. The fourth-order valence-electron chi connectivity index (χ4n) is 3.36. The van der Waals surface area contributed by atoms with Crippen molar-refractivity contribution in [3.8, 4) is 0 Å². The number of hydrogen-bond acceptors (Lipinski definition) is 6. The number of nitrogens with zero attached hydrogens (tertiary/aromatic N) is 6. The first-order valence-corrected chi connectivity index (χ1v) is 8.67. The highest BCUT2D eigenvalue weighted by atomic mass is 16.5. The summed E-state index contributed by atoms with van der Waals surface area (Å²) in [5.41, 5.74) is 0.921. The number of rotatable bonds is 5. The van der Waals surface area contributed by atoms with Crippen LogP contribution in [0.5, 0.6) is 0 Å². The van der Waals surface area contributed by atoms with E-state index in [1.54, 1.807) is 0 Å². The van der Waals surface area contributed by atoms with Crippen molar-refractivity contribution in [3.05, 3.63) is 41.9 Å². The molecule has 3 aromatic heterocycles. The van der Waals surface area contributed by atoms with Gasteiger partial charge in [-0.1, -0.05) is 18.1 Å². The molecule has 1 fully saturated rings. The zero-order valence-corrected chi connectivity index (χ0v) is 13.9. The van der Waals surface area contributed by atoms with Gasteiger partial charge in [0.2, 0.25) is 5.89 Å². The van der Waals surface area contributed by atoms with Crippen molar-refractivity contribution in [2.24, 2.45) is 0 Å². The predicted octanol–water partition coefficient (Wildman–Crippen LogP) is 2.44. The summed E-state index contributed by atoms with van der Waals surface area (Å²) in [4.78, 5) is 6.84. The summed E-state index contributed by atoms with van der Waals surface area (Å²) >= 11 is 0. The van der Waals surface area contributed by atoms with Gasteiger partial charge in [0.25, 0.3) is 0 Å². The topological polar surface area (TPSA) is 72.4 Å². The lowest BCUT2D eigenvalue weighted by atomic mass is 9.96. The Bertz CT molecular complexity index is 802. The molecule has 0 unspecified atom stereocenters. The third-order valence-corrected chi connectivity index (χ3v) is 4.64. The van der Waals surface area contributed by atoms with Crippen molar-refractivity contribution < 1.29 is 4.52 Å². The van der Waals surface area contributed by atoms with Crippen molar-refractivity contribution in [2.45, 2.75) is 45.1 Å². The maximum Gasteiger partial charge on any atom is 0.240 e. The van der Waals surface area contributed by atoms with Gasteiger partial charge in [0, 0.05) is 18.5 Å². The second kappa shape index (κ2) is 6.68. The van der Waals surface area contributed by atoms with Crippen LogP contribution in [0.25, 0.3) is 5.65 Å². The second-order valence-corrected chi connectivity index (χ2v) is 6.39. The Hall–Kier alpha value is -2.28. The molecule has 0 aliphatic carbocycles. The number of fused-ring (bicyclic) bond motifs is 1. The molecule has 4 heterocycles. The number of aromatic nitrogens is 5. The molecule has 0 saturated carbocycles. The summed E-state index contributed by atoms with van der Waals surface area (Å²) in [6, 6.07) is 6.02. The zero-order chi connectivity index (χ0) is 16.4. The van der Waals surface area contributed by atoms with Gasteiger partial charge in [0.15, 0.2) is 11.5 Å². The van der Waals surface area contributed by atoms with Crippen molar-refractivity contribution in [1.82, 2.24) is 29.6 Å². The van der Waals surface area contributed by atoms with E-state index >= 15 is 0 Å². The molecule has 0 amide bonds. The molecule has 7 heteroatoms. The Kier molecular flexibility index (Phi) is 4.25. The highest BCUT2D eigenvalue weighted by molar-refractivity contribution is 5.37. The SMILES string of the molecule is CCCc1noc(CN2CCC(c3nnc4ccccn34)CC2)n1. The van der Waals surface area contributed by atoms with Gasteiger partial charge < -0.3 is 4.52 Å². The fraction of sp³-hybridized carbons (Fsp3) is 0.529. The first kappa shape index (κ1) is 15.3. The smallest absolute Gasteiger partial charge is 0.240 e. The van der Waals surface area contributed by atoms with Crippen LogP contribution in [0.2, 0.25) is 0 Å². The molecule has 1 saturated heterocycles. The maximum absolute atomic E-state index is 5.35. The molecule has 3 aromatic rings. The van der Waals surface area contributed by atoms with Gasteiger partial charge in [-0.2, -0.15) is 4.98 Å². The molecule has 0 radical (unpaired) electrons. The number of piperidine rings is 1. The van der Waals surface area contributed by atoms with Gasteiger partial charge in [0.1, 0.15) is 5.82 Å². The number of hydrogen-bond donors (Lipinski definition) is 0. The van der Waals surface area contributed by atoms with Crippen LogP contribution in [0.4, 0.5) is 0 Å². The van der Waals surface area contributed by atoms with Gasteiger partial charge in [-0.3, -0.25) is 9.30 Å².